The molecular formula is C16H25ClN2O5S. The van der Waals surface area contributed by atoms with Crippen molar-refractivity contribution in [1.29, 1.82) is 0 Å². The van der Waals surface area contributed by atoms with Crippen molar-refractivity contribution in [3.05, 3.63) is 28.8 Å². The highest BCUT2D eigenvalue weighted by atomic mass is 35.5. The average Bonchev–Trinajstić information content (AvgIpc) is 2.73. The predicted octanol–water partition coefficient (Wildman–Crippen LogP) is 0.590. The molecular weight excluding hydrogens is 368 g/mol. The Balaban J connectivity index is 2.22. The fraction of sp³-hybridized carbons (Fsp3) is 0.625. The SMILES string of the molecule is O=S(=O)(CCN(CCO)CCO)N1CCCC(O)c2cc(Cl)ccc21. The molecule has 9 heteroatoms. The highest BCUT2D eigenvalue weighted by Crippen LogP contribution is 2.36. The first kappa shape index (κ1) is 20.4. The Labute approximate surface area is 153 Å². The molecule has 0 aromatic heterocycles. The maximum atomic E-state index is 12.9. The molecule has 0 aliphatic carbocycles. The topological polar surface area (TPSA) is 101 Å². The Kier molecular flexibility index (Phi) is 7.48. The summed E-state index contributed by atoms with van der Waals surface area (Å²) in [5.74, 6) is -0.134. The molecule has 1 aliphatic rings. The van der Waals surface area contributed by atoms with Gasteiger partial charge in [0, 0.05) is 36.8 Å². The molecule has 1 atom stereocenters. The third-order valence-electron chi connectivity index (χ3n) is 4.29. The minimum absolute atomic E-state index is 0.0999. The molecule has 0 radical (unpaired) electrons. The maximum absolute atomic E-state index is 12.9. The van der Waals surface area contributed by atoms with Gasteiger partial charge in [0.15, 0.2) is 0 Å². The summed E-state index contributed by atoms with van der Waals surface area (Å²) in [4.78, 5) is 1.70. The Bertz CT molecular complexity index is 664. The number of hydrogen-bond acceptors (Lipinski definition) is 6. The standard InChI is InChI=1S/C16H25ClN2O5S/c17-13-3-4-15-14(12-13)16(22)2-1-5-19(15)25(23,24)11-8-18(6-9-20)7-10-21/h3-4,12,16,20-22H,1-2,5-11H2. The average molecular weight is 393 g/mol. The monoisotopic (exact) mass is 392 g/mol. The third kappa shape index (κ3) is 5.29. The van der Waals surface area contributed by atoms with E-state index < -0.39 is 16.1 Å². The molecule has 25 heavy (non-hydrogen) atoms. The van der Waals surface area contributed by atoms with Crippen molar-refractivity contribution in [2.45, 2.75) is 18.9 Å². The summed E-state index contributed by atoms with van der Waals surface area (Å²) in [6.07, 6.45) is 0.277. The first-order valence-electron chi connectivity index (χ1n) is 8.31. The molecule has 1 aromatic carbocycles. The second kappa shape index (κ2) is 9.16. The number of aliphatic hydroxyl groups is 3. The van der Waals surface area contributed by atoms with Gasteiger partial charge >= 0.3 is 0 Å². The van der Waals surface area contributed by atoms with Crippen molar-refractivity contribution < 1.29 is 23.7 Å². The van der Waals surface area contributed by atoms with Gasteiger partial charge in [-0.2, -0.15) is 0 Å². The molecule has 0 bridgehead atoms. The molecule has 1 unspecified atom stereocenters. The van der Waals surface area contributed by atoms with Crippen LogP contribution in [0.25, 0.3) is 0 Å². The van der Waals surface area contributed by atoms with Gasteiger partial charge in [0.2, 0.25) is 10.0 Å². The van der Waals surface area contributed by atoms with E-state index in [4.69, 9.17) is 21.8 Å². The minimum Gasteiger partial charge on any atom is -0.395 e. The maximum Gasteiger partial charge on any atom is 0.236 e. The number of fused-ring (bicyclic) bond motifs is 1. The van der Waals surface area contributed by atoms with Gasteiger partial charge in [-0.15, -0.1) is 0 Å². The van der Waals surface area contributed by atoms with Crippen LogP contribution in [0.3, 0.4) is 0 Å². The van der Waals surface area contributed by atoms with Crippen molar-refractivity contribution in [2.75, 3.05) is 49.5 Å². The van der Waals surface area contributed by atoms with E-state index in [1.54, 1.807) is 23.1 Å². The molecule has 0 saturated heterocycles. The lowest BCUT2D eigenvalue weighted by molar-refractivity contribution is 0.167. The molecule has 1 heterocycles. The second-order valence-electron chi connectivity index (χ2n) is 6.04. The van der Waals surface area contributed by atoms with Crippen LogP contribution in [0.4, 0.5) is 5.69 Å². The molecule has 7 nitrogen and oxygen atoms in total. The van der Waals surface area contributed by atoms with E-state index >= 15 is 0 Å². The van der Waals surface area contributed by atoms with Gasteiger partial charge in [0.1, 0.15) is 0 Å². The van der Waals surface area contributed by atoms with Crippen LogP contribution in [-0.2, 0) is 10.0 Å². The molecule has 2 rings (SSSR count). The summed E-state index contributed by atoms with van der Waals surface area (Å²) in [7, 11) is -3.61. The smallest absolute Gasteiger partial charge is 0.236 e. The lowest BCUT2D eigenvalue weighted by Crippen LogP contribution is -2.40. The lowest BCUT2D eigenvalue weighted by atomic mass is 10.1. The number of sulfonamides is 1. The van der Waals surface area contributed by atoms with Gasteiger partial charge in [-0.25, -0.2) is 8.42 Å². The molecule has 0 spiro atoms. The zero-order valence-electron chi connectivity index (χ0n) is 14.0. The number of aliphatic hydroxyl groups excluding tert-OH is 3. The van der Waals surface area contributed by atoms with Gasteiger partial charge in [-0.1, -0.05) is 11.6 Å². The lowest BCUT2D eigenvalue weighted by Gasteiger charge is -2.27. The molecule has 142 valence electrons. The van der Waals surface area contributed by atoms with Crippen molar-refractivity contribution in [3.63, 3.8) is 0 Å². The number of rotatable bonds is 8. The van der Waals surface area contributed by atoms with Crippen molar-refractivity contribution in [3.8, 4) is 0 Å². The van der Waals surface area contributed by atoms with Crippen LogP contribution in [0, 0.1) is 0 Å². The molecule has 3 N–H and O–H groups in total. The quantitative estimate of drug-likeness (QED) is 0.598. The molecule has 1 aliphatic heterocycles. The largest absolute Gasteiger partial charge is 0.395 e. The molecule has 0 fully saturated rings. The summed E-state index contributed by atoms with van der Waals surface area (Å²) in [6.45, 7) is 0.927. The van der Waals surface area contributed by atoms with Gasteiger partial charge in [0.25, 0.3) is 0 Å². The zero-order chi connectivity index (χ0) is 18.4. The number of nitrogens with zero attached hydrogens (tertiary/aromatic N) is 2. The van der Waals surface area contributed by atoms with E-state index in [-0.39, 0.29) is 25.5 Å². The summed E-state index contributed by atoms with van der Waals surface area (Å²) in [5, 5.41) is 28.8. The number of benzene rings is 1. The Hall–Kier alpha value is -0.900. The van der Waals surface area contributed by atoms with E-state index in [0.717, 1.165) is 0 Å². The molecule has 0 saturated carbocycles. The summed E-state index contributed by atoms with van der Waals surface area (Å²) in [6, 6.07) is 4.85. The van der Waals surface area contributed by atoms with E-state index in [9.17, 15) is 13.5 Å². The highest BCUT2D eigenvalue weighted by Gasteiger charge is 2.29. The van der Waals surface area contributed by atoms with E-state index in [1.165, 1.54) is 4.31 Å². The zero-order valence-corrected chi connectivity index (χ0v) is 15.6. The molecule has 0 amide bonds. The number of anilines is 1. The van der Waals surface area contributed by atoms with E-state index in [2.05, 4.69) is 0 Å². The van der Waals surface area contributed by atoms with Gasteiger partial charge in [-0.05, 0) is 31.0 Å². The highest BCUT2D eigenvalue weighted by molar-refractivity contribution is 7.92. The molecule has 1 aromatic rings. The first-order chi connectivity index (χ1) is 11.9. The van der Waals surface area contributed by atoms with Crippen LogP contribution < -0.4 is 4.31 Å². The first-order valence-corrected chi connectivity index (χ1v) is 10.3. The minimum atomic E-state index is -3.61. The summed E-state index contributed by atoms with van der Waals surface area (Å²) in [5.41, 5.74) is 0.987. The van der Waals surface area contributed by atoms with Gasteiger partial charge in [0.05, 0.1) is 30.8 Å². The Morgan fingerprint density at radius 2 is 1.88 bits per heavy atom. The van der Waals surface area contributed by atoms with E-state index in [1.807, 2.05) is 0 Å². The number of hydrogen-bond donors (Lipinski definition) is 3. The summed E-state index contributed by atoms with van der Waals surface area (Å²) >= 11 is 6.00. The van der Waals surface area contributed by atoms with E-state index in [0.29, 0.717) is 48.7 Å². The number of halogens is 1. The van der Waals surface area contributed by atoms with Crippen molar-refractivity contribution in [1.82, 2.24) is 4.90 Å². The van der Waals surface area contributed by atoms with Gasteiger partial charge in [-0.3, -0.25) is 9.21 Å². The van der Waals surface area contributed by atoms with Crippen LogP contribution in [-0.4, -0.2) is 73.8 Å². The second-order valence-corrected chi connectivity index (χ2v) is 8.49. The predicted molar refractivity (Wildman–Crippen MR) is 97.4 cm³/mol. The summed E-state index contributed by atoms with van der Waals surface area (Å²) < 4.78 is 27.1. The fourth-order valence-electron chi connectivity index (χ4n) is 2.99. The Morgan fingerprint density at radius 1 is 1.20 bits per heavy atom. The van der Waals surface area contributed by atoms with Crippen molar-refractivity contribution in [2.24, 2.45) is 0 Å². The van der Waals surface area contributed by atoms with Crippen molar-refractivity contribution >= 4 is 27.3 Å². The van der Waals surface area contributed by atoms with Crippen LogP contribution in [0.15, 0.2) is 18.2 Å². The van der Waals surface area contributed by atoms with Crippen LogP contribution >= 0.6 is 11.6 Å². The van der Waals surface area contributed by atoms with Crippen LogP contribution in [0.2, 0.25) is 5.02 Å². The van der Waals surface area contributed by atoms with Gasteiger partial charge < -0.3 is 15.3 Å². The van der Waals surface area contributed by atoms with Crippen LogP contribution in [0.5, 0.6) is 0 Å². The Morgan fingerprint density at radius 3 is 2.52 bits per heavy atom. The normalized spacial score (nSPS) is 18.3. The van der Waals surface area contributed by atoms with Crippen LogP contribution in [0.1, 0.15) is 24.5 Å². The fourth-order valence-corrected chi connectivity index (χ4v) is 4.75. The third-order valence-corrected chi connectivity index (χ3v) is 6.27.